The van der Waals surface area contributed by atoms with E-state index in [2.05, 4.69) is 24.0 Å². The molecule has 98 valence electrons. The Balaban J connectivity index is 2.56. The van der Waals surface area contributed by atoms with Gasteiger partial charge < -0.3 is 10.5 Å². The van der Waals surface area contributed by atoms with Crippen LogP contribution in [0.2, 0.25) is 0 Å². The van der Waals surface area contributed by atoms with Crippen LogP contribution in [0.4, 0.5) is 0 Å². The van der Waals surface area contributed by atoms with E-state index in [1.807, 2.05) is 24.1 Å². The van der Waals surface area contributed by atoms with Crippen molar-refractivity contribution < 1.29 is 4.74 Å². The Hall–Kier alpha value is -0.910. The molecule has 0 saturated carbocycles. The van der Waals surface area contributed by atoms with Crippen molar-refractivity contribution in [2.75, 3.05) is 27.3 Å². The number of aryl methyl sites for hydroxylation is 1. The number of ether oxygens (including phenoxy) is 1. The van der Waals surface area contributed by atoms with E-state index in [0.717, 1.165) is 13.2 Å². The lowest BCUT2D eigenvalue weighted by Gasteiger charge is -2.31. The van der Waals surface area contributed by atoms with Crippen LogP contribution in [0.25, 0.3) is 0 Å². The molecule has 2 atom stereocenters. The molecule has 17 heavy (non-hydrogen) atoms. The van der Waals surface area contributed by atoms with E-state index in [0.29, 0.717) is 18.5 Å². The van der Waals surface area contributed by atoms with Crippen LogP contribution in [0.15, 0.2) is 12.4 Å². The van der Waals surface area contributed by atoms with Crippen molar-refractivity contribution in [1.29, 1.82) is 0 Å². The number of nitrogens with zero attached hydrogens (tertiary/aromatic N) is 3. The topological polar surface area (TPSA) is 56.3 Å². The first-order valence-electron chi connectivity index (χ1n) is 5.95. The minimum absolute atomic E-state index is 0.329. The van der Waals surface area contributed by atoms with Gasteiger partial charge in [-0.3, -0.25) is 9.58 Å². The van der Waals surface area contributed by atoms with Crippen LogP contribution in [0.5, 0.6) is 0 Å². The Morgan fingerprint density at radius 3 is 2.76 bits per heavy atom. The van der Waals surface area contributed by atoms with Gasteiger partial charge in [0.05, 0.1) is 12.8 Å². The first-order valence-corrected chi connectivity index (χ1v) is 5.95. The van der Waals surface area contributed by atoms with Gasteiger partial charge in [0.15, 0.2) is 0 Å². The monoisotopic (exact) mass is 240 g/mol. The van der Waals surface area contributed by atoms with Gasteiger partial charge in [0.25, 0.3) is 0 Å². The summed E-state index contributed by atoms with van der Waals surface area (Å²) in [6.45, 7) is 4.41. The lowest BCUT2D eigenvalue weighted by Crippen LogP contribution is -2.43. The lowest BCUT2D eigenvalue weighted by molar-refractivity contribution is 0.0953. The summed E-state index contributed by atoms with van der Waals surface area (Å²) in [6.07, 6.45) is 3.93. The Kier molecular flexibility index (Phi) is 5.61. The molecule has 0 radical (unpaired) electrons. The summed E-state index contributed by atoms with van der Waals surface area (Å²) in [4.78, 5) is 2.26. The summed E-state index contributed by atoms with van der Waals surface area (Å²) in [7, 11) is 5.75. The number of hydrogen-bond donors (Lipinski definition) is 1. The highest BCUT2D eigenvalue weighted by Gasteiger charge is 2.20. The zero-order valence-corrected chi connectivity index (χ0v) is 11.3. The first-order chi connectivity index (χ1) is 8.08. The van der Waals surface area contributed by atoms with Gasteiger partial charge in [-0.15, -0.1) is 0 Å². The predicted molar refractivity (Wildman–Crippen MR) is 68.6 cm³/mol. The van der Waals surface area contributed by atoms with E-state index < -0.39 is 0 Å². The fraction of sp³-hybridized carbons (Fsp3) is 0.750. The molecule has 2 unspecified atom stereocenters. The summed E-state index contributed by atoms with van der Waals surface area (Å²) in [5.74, 6) is 0.423. The Labute approximate surface area is 104 Å². The quantitative estimate of drug-likeness (QED) is 0.752. The summed E-state index contributed by atoms with van der Waals surface area (Å²) in [6, 6.07) is 0.329. The predicted octanol–water partition coefficient (Wildman–Crippen LogP) is 0.462. The Morgan fingerprint density at radius 1 is 1.59 bits per heavy atom. The van der Waals surface area contributed by atoms with E-state index in [4.69, 9.17) is 10.5 Å². The largest absolute Gasteiger partial charge is 0.384 e. The molecular formula is C12H24N4O. The second kappa shape index (κ2) is 6.74. The normalized spacial score (nSPS) is 15.2. The van der Waals surface area contributed by atoms with Crippen molar-refractivity contribution in [2.45, 2.75) is 19.5 Å². The summed E-state index contributed by atoms with van der Waals surface area (Å²) < 4.78 is 7.01. The summed E-state index contributed by atoms with van der Waals surface area (Å²) in [5, 5.41) is 4.17. The van der Waals surface area contributed by atoms with Gasteiger partial charge in [0.2, 0.25) is 0 Å². The average Bonchev–Trinajstić information content (AvgIpc) is 2.65. The molecule has 0 amide bonds. The second-order valence-corrected chi connectivity index (χ2v) is 4.67. The molecule has 1 rings (SSSR count). The molecule has 0 aromatic carbocycles. The molecule has 0 spiro atoms. The molecule has 2 N–H and O–H groups in total. The number of likely N-dealkylation sites (N-methyl/N-ethyl adjacent to an activating group) is 1. The number of hydrogen-bond acceptors (Lipinski definition) is 4. The number of nitrogens with two attached hydrogens (primary N) is 1. The van der Waals surface area contributed by atoms with Crippen molar-refractivity contribution in [3.63, 3.8) is 0 Å². The van der Waals surface area contributed by atoms with Crippen LogP contribution in [0.3, 0.4) is 0 Å². The van der Waals surface area contributed by atoms with Gasteiger partial charge in [-0.1, -0.05) is 6.92 Å². The third kappa shape index (κ3) is 4.11. The maximum atomic E-state index is 5.85. The van der Waals surface area contributed by atoms with Crippen molar-refractivity contribution in [3.05, 3.63) is 18.0 Å². The molecule has 0 aliphatic carbocycles. The van der Waals surface area contributed by atoms with Gasteiger partial charge in [0.1, 0.15) is 0 Å². The molecule has 1 heterocycles. The second-order valence-electron chi connectivity index (χ2n) is 4.67. The van der Waals surface area contributed by atoms with E-state index in [-0.39, 0.29) is 0 Å². The number of methoxy groups -OCH3 is 1. The fourth-order valence-electron chi connectivity index (χ4n) is 2.18. The third-order valence-corrected chi connectivity index (χ3v) is 3.08. The van der Waals surface area contributed by atoms with E-state index in [1.54, 1.807) is 7.11 Å². The van der Waals surface area contributed by atoms with Crippen LogP contribution in [0.1, 0.15) is 12.5 Å². The molecule has 1 aromatic rings. The van der Waals surface area contributed by atoms with Crippen molar-refractivity contribution >= 4 is 0 Å². The summed E-state index contributed by atoms with van der Waals surface area (Å²) >= 11 is 0. The van der Waals surface area contributed by atoms with Gasteiger partial charge in [-0.25, -0.2) is 0 Å². The van der Waals surface area contributed by atoms with Gasteiger partial charge in [0, 0.05) is 45.0 Å². The third-order valence-electron chi connectivity index (χ3n) is 3.08. The zero-order chi connectivity index (χ0) is 12.8. The smallest absolute Gasteiger partial charge is 0.0534 e. The molecule has 5 heteroatoms. The minimum Gasteiger partial charge on any atom is -0.384 e. The van der Waals surface area contributed by atoms with Gasteiger partial charge >= 0.3 is 0 Å². The molecule has 0 fully saturated rings. The van der Waals surface area contributed by atoms with Crippen LogP contribution in [-0.2, 0) is 18.3 Å². The molecule has 0 saturated heterocycles. The maximum Gasteiger partial charge on any atom is 0.0534 e. The van der Waals surface area contributed by atoms with Gasteiger partial charge in [-0.2, -0.15) is 5.10 Å². The molecule has 0 bridgehead atoms. The number of rotatable bonds is 7. The molecule has 0 aliphatic rings. The maximum absolute atomic E-state index is 5.85. The van der Waals surface area contributed by atoms with Crippen molar-refractivity contribution in [3.8, 4) is 0 Å². The first kappa shape index (κ1) is 14.2. The van der Waals surface area contributed by atoms with E-state index >= 15 is 0 Å². The van der Waals surface area contributed by atoms with E-state index in [1.165, 1.54) is 5.56 Å². The highest BCUT2D eigenvalue weighted by molar-refractivity contribution is 5.03. The van der Waals surface area contributed by atoms with Crippen LogP contribution in [-0.4, -0.2) is 48.0 Å². The van der Waals surface area contributed by atoms with Crippen LogP contribution >= 0.6 is 0 Å². The molecule has 5 nitrogen and oxygen atoms in total. The Morgan fingerprint density at radius 2 is 2.29 bits per heavy atom. The fourth-order valence-corrected chi connectivity index (χ4v) is 2.18. The SMILES string of the molecule is COCC(C)C(CN)N(C)Cc1cnn(C)c1. The van der Waals surface area contributed by atoms with Gasteiger partial charge in [-0.05, 0) is 13.0 Å². The highest BCUT2D eigenvalue weighted by atomic mass is 16.5. The molecule has 1 aromatic heterocycles. The molecular weight excluding hydrogens is 216 g/mol. The standard InChI is InChI=1S/C12H24N4O/c1-10(9-17-4)12(5-13)15(2)7-11-6-14-16(3)8-11/h6,8,10,12H,5,7,9,13H2,1-4H3. The van der Waals surface area contributed by atoms with Crippen LogP contribution in [0, 0.1) is 5.92 Å². The van der Waals surface area contributed by atoms with Crippen LogP contribution < -0.4 is 5.73 Å². The molecule has 0 aliphatic heterocycles. The van der Waals surface area contributed by atoms with Crippen molar-refractivity contribution in [2.24, 2.45) is 18.7 Å². The average molecular weight is 240 g/mol. The number of aromatic nitrogens is 2. The van der Waals surface area contributed by atoms with E-state index in [9.17, 15) is 0 Å². The lowest BCUT2D eigenvalue weighted by atomic mass is 10.0. The summed E-state index contributed by atoms with van der Waals surface area (Å²) in [5.41, 5.74) is 7.05. The minimum atomic E-state index is 0.329. The van der Waals surface area contributed by atoms with Crippen molar-refractivity contribution in [1.82, 2.24) is 14.7 Å². The highest BCUT2D eigenvalue weighted by Crippen LogP contribution is 2.12. The Bertz CT molecular complexity index is 326. The zero-order valence-electron chi connectivity index (χ0n) is 11.3.